The number of anilines is 2. The van der Waals surface area contributed by atoms with E-state index in [2.05, 4.69) is 20.1 Å². The van der Waals surface area contributed by atoms with E-state index in [4.69, 9.17) is 10.8 Å². The van der Waals surface area contributed by atoms with Crippen LogP contribution in [0.1, 0.15) is 0 Å². The molecule has 0 saturated carbocycles. The van der Waals surface area contributed by atoms with Crippen LogP contribution in [-0.4, -0.2) is 55.7 Å². The van der Waals surface area contributed by atoms with Crippen molar-refractivity contribution >= 4 is 11.9 Å². The van der Waals surface area contributed by atoms with Gasteiger partial charge in [-0.1, -0.05) is 0 Å². The largest absolute Gasteiger partial charge is 0.406 e. The van der Waals surface area contributed by atoms with Crippen LogP contribution in [0.3, 0.4) is 0 Å². The van der Waals surface area contributed by atoms with Crippen LogP contribution in [0.25, 0.3) is 5.95 Å². The Morgan fingerprint density at radius 1 is 1.29 bits per heavy atom. The molecule has 0 aliphatic rings. The highest BCUT2D eigenvalue weighted by molar-refractivity contribution is 5.38. The second kappa shape index (κ2) is 5.91. The molecule has 0 radical (unpaired) electrons. The fourth-order valence-electron chi connectivity index (χ4n) is 1.59. The standard InChI is InChI=1S/C10H12F3N7O/c11-10(12,13)6-19(4-5-21)8-16-7(14)17-9(18-8)20-3-1-2-15-20/h1-3,21H,4-6H2,(H2,14,16,17,18). The van der Waals surface area contributed by atoms with E-state index in [1.54, 1.807) is 6.07 Å². The number of alkyl halides is 3. The van der Waals surface area contributed by atoms with Crippen LogP contribution in [-0.2, 0) is 0 Å². The molecule has 0 aliphatic carbocycles. The van der Waals surface area contributed by atoms with Crippen LogP contribution in [0.15, 0.2) is 18.5 Å². The second-order valence-corrected chi connectivity index (χ2v) is 4.00. The van der Waals surface area contributed by atoms with Gasteiger partial charge >= 0.3 is 6.18 Å². The molecule has 2 rings (SSSR count). The minimum absolute atomic E-state index is 0.00684. The molecule has 0 spiro atoms. The summed E-state index contributed by atoms with van der Waals surface area (Å²) in [6.07, 6.45) is -1.50. The number of rotatable bonds is 5. The zero-order valence-corrected chi connectivity index (χ0v) is 10.7. The summed E-state index contributed by atoms with van der Waals surface area (Å²) in [6.45, 7) is -2.09. The van der Waals surface area contributed by atoms with Crippen molar-refractivity contribution in [2.24, 2.45) is 0 Å². The number of hydrogen-bond acceptors (Lipinski definition) is 7. The summed E-state index contributed by atoms with van der Waals surface area (Å²) in [5.74, 6) is -0.525. The minimum Gasteiger partial charge on any atom is -0.395 e. The van der Waals surface area contributed by atoms with Gasteiger partial charge in [-0.05, 0) is 6.07 Å². The van der Waals surface area contributed by atoms with Gasteiger partial charge < -0.3 is 15.7 Å². The van der Waals surface area contributed by atoms with Crippen molar-refractivity contribution in [2.75, 3.05) is 30.3 Å². The summed E-state index contributed by atoms with van der Waals surface area (Å²) in [5, 5.41) is 12.8. The van der Waals surface area contributed by atoms with Gasteiger partial charge in [-0.2, -0.15) is 33.2 Å². The predicted molar refractivity (Wildman–Crippen MR) is 66.7 cm³/mol. The number of halogens is 3. The van der Waals surface area contributed by atoms with Gasteiger partial charge in [-0.3, -0.25) is 0 Å². The van der Waals surface area contributed by atoms with Gasteiger partial charge in [0.1, 0.15) is 6.54 Å². The number of aliphatic hydroxyl groups is 1. The number of nitrogen functional groups attached to an aromatic ring is 1. The molecule has 0 bridgehead atoms. The molecule has 2 aromatic heterocycles. The van der Waals surface area contributed by atoms with Crippen LogP contribution >= 0.6 is 0 Å². The first kappa shape index (κ1) is 15.0. The Balaban J connectivity index is 2.36. The second-order valence-electron chi connectivity index (χ2n) is 4.00. The summed E-state index contributed by atoms with van der Waals surface area (Å²) in [7, 11) is 0. The van der Waals surface area contributed by atoms with Gasteiger partial charge in [-0.25, -0.2) is 4.68 Å². The van der Waals surface area contributed by atoms with E-state index in [0.717, 1.165) is 4.90 Å². The molecule has 8 nitrogen and oxygen atoms in total. The van der Waals surface area contributed by atoms with E-state index >= 15 is 0 Å². The van der Waals surface area contributed by atoms with Crippen molar-refractivity contribution < 1.29 is 18.3 Å². The normalized spacial score (nSPS) is 11.6. The van der Waals surface area contributed by atoms with Crippen LogP contribution < -0.4 is 10.6 Å². The number of hydrogen-bond donors (Lipinski definition) is 2. The molecule has 0 amide bonds. The van der Waals surface area contributed by atoms with E-state index in [0.29, 0.717) is 0 Å². The van der Waals surface area contributed by atoms with Crippen LogP contribution in [0, 0.1) is 0 Å². The van der Waals surface area contributed by atoms with Gasteiger partial charge in [0.25, 0.3) is 5.95 Å². The van der Waals surface area contributed by atoms with Crippen molar-refractivity contribution in [2.45, 2.75) is 6.18 Å². The first-order valence-electron chi connectivity index (χ1n) is 5.83. The van der Waals surface area contributed by atoms with Gasteiger partial charge in [-0.15, -0.1) is 0 Å². The van der Waals surface area contributed by atoms with Crippen molar-refractivity contribution in [3.63, 3.8) is 0 Å². The molecule has 0 atom stereocenters. The molecule has 2 aromatic rings. The average molecular weight is 303 g/mol. The first-order chi connectivity index (χ1) is 9.89. The van der Waals surface area contributed by atoms with Gasteiger partial charge in [0.15, 0.2) is 0 Å². The number of nitrogens with zero attached hydrogens (tertiary/aromatic N) is 6. The highest BCUT2D eigenvalue weighted by Crippen LogP contribution is 2.20. The van der Waals surface area contributed by atoms with E-state index in [1.165, 1.54) is 17.1 Å². The molecule has 114 valence electrons. The quantitative estimate of drug-likeness (QED) is 0.800. The summed E-state index contributed by atoms with van der Waals surface area (Å²) < 4.78 is 38.9. The number of aliphatic hydroxyl groups excluding tert-OH is 1. The summed E-state index contributed by atoms with van der Waals surface area (Å²) in [4.78, 5) is 12.1. The highest BCUT2D eigenvalue weighted by atomic mass is 19.4. The summed E-state index contributed by atoms with van der Waals surface area (Å²) in [6, 6.07) is 1.60. The van der Waals surface area contributed by atoms with E-state index in [9.17, 15) is 13.2 Å². The fourth-order valence-corrected chi connectivity index (χ4v) is 1.59. The van der Waals surface area contributed by atoms with Crippen molar-refractivity contribution in [3.8, 4) is 5.95 Å². The lowest BCUT2D eigenvalue weighted by Gasteiger charge is -2.23. The maximum Gasteiger partial charge on any atom is 0.406 e. The Morgan fingerprint density at radius 3 is 2.62 bits per heavy atom. The lowest BCUT2D eigenvalue weighted by Crippen LogP contribution is -2.37. The minimum atomic E-state index is -4.47. The molecule has 21 heavy (non-hydrogen) atoms. The molecule has 2 heterocycles. The van der Waals surface area contributed by atoms with Gasteiger partial charge in [0.05, 0.1) is 6.61 Å². The molecular formula is C10H12F3N7O. The SMILES string of the molecule is Nc1nc(N(CCO)CC(F)(F)F)nc(-n2cccn2)n1. The molecule has 0 aliphatic heterocycles. The maximum atomic E-state index is 12.5. The Labute approximate surface area is 117 Å². The monoisotopic (exact) mass is 303 g/mol. The predicted octanol–water partition coefficient (Wildman–Crippen LogP) is 0.000500. The zero-order valence-electron chi connectivity index (χ0n) is 10.7. The fraction of sp³-hybridized carbons (Fsp3) is 0.400. The Bertz CT molecular complexity index is 587. The van der Waals surface area contributed by atoms with E-state index < -0.39 is 19.3 Å². The molecule has 0 unspecified atom stereocenters. The van der Waals surface area contributed by atoms with Gasteiger partial charge in [0, 0.05) is 18.9 Å². The van der Waals surface area contributed by atoms with Crippen molar-refractivity contribution in [1.82, 2.24) is 24.7 Å². The highest BCUT2D eigenvalue weighted by Gasteiger charge is 2.32. The Morgan fingerprint density at radius 2 is 2.05 bits per heavy atom. The lowest BCUT2D eigenvalue weighted by atomic mass is 10.5. The summed E-state index contributed by atoms with van der Waals surface area (Å²) >= 11 is 0. The Hall–Kier alpha value is -2.43. The maximum absolute atomic E-state index is 12.5. The van der Waals surface area contributed by atoms with Crippen LogP contribution in [0.4, 0.5) is 25.1 Å². The molecule has 0 fully saturated rings. The van der Waals surface area contributed by atoms with Gasteiger partial charge in [0.2, 0.25) is 11.9 Å². The molecule has 0 aromatic carbocycles. The lowest BCUT2D eigenvalue weighted by molar-refractivity contribution is -0.120. The number of nitrogens with two attached hydrogens (primary N) is 1. The van der Waals surface area contributed by atoms with Crippen molar-refractivity contribution in [3.05, 3.63) is 18.5 Å². The van der Waals surface area contributed by atoms with Crippen molar-refractivity contribution in [1.29, 1.82) is 0 Å². The third-order valence-corrected chi connectivity index (χ3v) is 2.36. The smallest absolute Gasteiger partial charge is 0.395 e. The third-order valence-electron chi connectivity index (χ3n) is 2.36. The first-order valence-corrected chi connectivity index (χ1v) is 5.83. The molecule has 0 saturated heterocycles. The molecule has 11 heteroatoms. The van der Waals surface area contributed by atoms with Crippen LogP contribution in [0.5, 0.6) is 0 Å². The third kappa shape index (κ3) is 4.02. The van der Waals surface area contributed by atoms with Crippen LogP contribution in [0.2, 0.25) is 0 Å². The number of aromatic nitrogens is 5. The zero-order chi connectivity index (χ0) is 15.5. The van der Waals surface area contributed by atoms with E-state index in [-0.39, 0.29) is 24.4 Å². The Kier molecular flexibility index (Phi) is 4.21. The summed E-state index contributed by atoms with van der Waals surface area (Å²) in [5.41, 5.74) is 5.49. The molecule has 3 N–H and O–H groups in total. The topological polar surface area (TPSA) is 106 Å². The molecular weight excluding hydrogens is 291 g/mol. The van der Waals surface area contributed by atoms with E-state index in [1.807, 2.05) is 0 Å². The average Bonchev–Trinajstić information content (AvgIpc) is 2.90.